The highest BCUT2D eigenvalue weighted by atomic mass is 35.5. The summed E-state index contributed by atoms with van der Waals surface area (Å²) in [6.45, 7) is 3.10. The van der Waals surface area contributed by atoms with Crippen LogP contribution in [0.4, 0.5) is 5.82 Å². The lowest BCUT2D eigenvalue weighted by Gasteiger charge is -2.35. The maximum atomic E-state index is 9.41. The smallest absolute Gasteiger partial charge is 0.207 e. The largest absolute Gasteiger partial charge is 0.350 e. The van der Waals surface area contributed by atoms with E-state index in [1.807, 2.05) is 18.2 Å². The third-order valence-electron chi connectivity index (χ3n) is 4.14. The number of aromatic nitrogens is 3. The molecule has 0 bridgehead atoms. The number of rotatable bonds is 3. The van der Waals surface area contributed by atoms with Gasteiger partial charge in [0, 0.05) is 12.6 Å². The Kier molecular flexibility index (Phi) is 4.30. The van der Waals surface area contributed by atoms with E-state index in [0.717, 1.165) is 25.8 Å². The Hall–Kier alpha value is -2.06. The van der Waals surface area contributed by atoms with Gasteiger partial charge < -0.3 is 4.90 Å². The van der Waals surface area contributed by atoms with Crippen molar-refractivity contribution in [3.8, 4) is 11.8 Å². The summed E-state index contributed by atoms with van der Waals surface area (Å²) in [6.07, 6.45) is 4.54. The van der Waals surface area contributed by atoms with Crippen molar-refractivity contribution in [1.82, 2.24) is 15.0 Å². The van der Waals surface area contributed by atoms with Crippen molar-refractivity contribution >= 4 is 17.4 Å². The zero-order chi connectivity index (χ0) is 15.5. The molecular formula is C16H18ClN5. The van der Waals surface area contributed by atoms with Crippen LogP contribution in [-0.4, -0.2) is 27.6 Å². The van der Waals surface area contributed by atoms with Gasteiger partial charge in [-0.1, -0.05) is 30.7 Å². The number of para-hydroxylation sites is 1. The minimum absolute atomic E-state index is 0.361. The molecule has 2 heterocycles. The molecule has 1 saturated heterocycles. The van der Waals surface area contributed by atoms with Crippen molar-refractivity contribution in [2.24, 2.45) is 0 Å². The van der Waals surface area contributed by atoms with Gasteiger partial charge in [0.25, 0.3) is 0 Å². The third-order valence-corrected chi connectivity index (χ3v) is 4.46. The summed E-state index contributed by atoms with van der Waals surface area (Å²) in [6, 6.07) is 9.98. The van der Waals surface area contributed by atoms with Gasteiger partial charge in [-0.25, -0.2) is 0 Å². The van der Waals surface area contributed by atoms with Crippen LogP contribution in [0.25, 0.3) is 5.69 Å². The summed E-state index contributed by atoms with van der Waals surface area (Å²) >= 11 is 6.21. The highest BCUT2D eigenvalue weighted by molar-refractivity contribution is 6.32. The summed E-state index contributed by atoms with van der Waals surface area (Å²) in [7, 11) is 0. The van der Waals surface area contributed by atoms with Crippen molar-refractivity contribution < 1.29 is 0 Å². The molecule has 114 valence electrons. The SMILES string of the molecule is CC[C@H]1CCCCN1c1nn(-c2ccccc2Cl)nc1C#N. The van der Waals surface area contributed by atoms with Crippen LogP contribution in [0.15, 0.2) is 24.3 Å². The Morgan fingerprint density at radius 2 is 2.14 bits per heavy atom. The van der Waals surface area contributed by atoms with Gasteiger partial charge in [-0.15, -0.1) is 15.0 Å². The first-order valence-corrected chi connectivity index (χ1v) is 8.01. The number of nitriles is 1. The fourth-order valence-corrected chi connectivity index (χ4v) is 3.20. The average molecular weight is 316 g/mol. The molecule has 2 aromatic rings. The molecule has 1 atom stereocenters. The highest BCUT2D eigenvalue weighted by Crippen LogP contribution is 2.28. The van der Waals surface area contributed by atoms with Crippen LogP contribution < -0.4 is 4.90 Å². The standard InChI is InChI=1S/C16H18ClN5/c1-2-12-7-5-6-10-21(12)16-14(11-18)19-22(20-16)15-9-4-3-8-13(15)17/h3-4,8-9,12H,2,5-7,10H2,1H3/t12-/m0/s1. The minimum atomic E-state index is 0.361. The summed E-state index contributed by atoms with van der Waals surface area (Å²) < 4.78 is 0. The van der Waals surface area contributed by atoms with Crippen LogP contribution in [0.2, 0.25) is 5.02 Å². The molecule has 6 heteroatoms. The number of nitrogens with zero attached hydrogens (tertiary/aromatic N) is 5. The molecule has 0 spiro atoms. The molecule has 0 unspecified atom stereocenters. The van der Waals surface area contributed by atoms with Crippen molar-refractivity contribution in [1.29, 1.82) is 5.26 Å². The van der Waals surface area contributed by atoms with Gasteiger partial charge in [0.15, 0.2) is 5.82 Å². The molecule has 1 aromatic heterocycles. The second-order valence-corrected chi connectivity index (χ2v) is 5.88. The molecule has 22 heavy (non-hydrogen) atoms. The first-order chi connectivity index (χ1) is 10.7. The molecule has 1 aliphatic heterocycles. The van der Waals surface area contributed by atoms with Gasteiger partial charge in [-0.2, -0.15) is 5.26 Å². The first kappa shape index (κ1) is 14.9. The molecule has 0 aliphatic carbocycles. The highest BCUT2D eigenvalue weighted by Gasteiger charge is 2.27. The van der Waals surface area contributed by atoms with E-state index in [9.17, 15) is 5.26 Å². The van der Waals surface area contributed by atoms with Gasteiger partial charge in [0.2, 0.25) is 5.69 Å². The van der Waals surface area contributed by atoms with Gasteiger partial charge in [-0.3, -0.25) is 0 Å². The lowest BCUT2D eigenvalue weighted by Crippen LogP contribution is -2.39. The van der Waals surface area contributed by atoms with Crippen LogP contribution in [0.1, 0.15) is 38.3 Å². The molecule has 0 radical (unpaired) electrons. The van der Waals surface area contributed by atoms with Gasteiger partial charge in [0.1, 0.15) is 11.8 Å². The Bertz CT molecular complexity index is 703. The number of anilines is 1. The number of benzene rings is 1. The van der Waals surface area contributed by atoms with Crippen LogP contribution >= 0.6 is 11.6 Å². The van der Waals surface area contributed by atoms with Crippen LogP contribution in [0.3, 0.4) is 0 Å². The predicted octanol–water partition coefficient (Wildman–Crippen LogP) is 3.56. The molecule has 0 N–H and O–H groups in total. The predicted molar refractivity (Wildman–Crippen MR) is 86.4 cm³/mol. The van der Waals surface area contributed by atoms with Gasteiger partial charge in [-0.05, 0) is 37.8 Å². The molecule has 0 amide bonds. The van der Waals surface area contributed by atoms with E-state index in [2.05, 4.69) is 28.1 Å². The Morgan fingerprint density at radius 1 is 1.32 bits per heavy atom. The average Bonchev–Trinajstić information content (AvgIpc) is 2.99. The lowest BCUT2D eigenvalue weighted by atomic mass is 10.00. The van der Waals surface area contributed by atoms with Crippen LogP contribution in [0.5, 0.6) is 0 Å². The Morgan fingerprint density at radius 3 is 2.86 bits per heavy atom. The molecule has 3 rings (SSSR count). The monoisotopic (exact) mass is 315 g/mol. The van der Waals surface area contributed by atoms with E-state index < -0.39 is 0 Å². The number of hydrogen-bond donors (Lipinski definition) is 0. The molecule has 1 fully saturated rings. The van der Waals surface area contributed by atoms with Crippen molar-refractivity contribution in [2.45, 2.75) is 38.6 Å². The molecule has 5 nitrogen and oxygen atoms in total. The Balaban J connectivity index is 2.02. The summed E-state index contributed by atoms with van der Waals surface area (Å²) in [4.78, 5) is 3.69. The van der Waals surface area contributed by atoms with Gasteiger partial charge >= 0.3 is 0 Å². The second-order valence-electron chi connectivity index (χ2n) is 5.48. The lowest BCUT2D eigenvalue weighted by molar-refractivity contribution is 0.446. The number of piperidine rings is 1. The van der Waals surface area contributed by atoms with Gasteiger partial charge in [0.05, 0.1) is 5.02 Å². The summed E-state index contributed by atoms with van der Waals surface area (Å²) in [5.74, 6) is 0.675. The minimum Gasteiger partial charge on any atom is -0.350 e. The van der Waals surface area contributed by atoms with E-state index in [0.29, 0.717) is 28.3 Å². The van der Waals surface area contributed by atoms with E-state index in [4.69, 9.17) is 11.6 Å². The molecule has 0 saturated carbocycles. The summed E-state index contributed by atoms with van der Waals surface area (Å²) in [5.41, 5.74) is 1.05. The topological polar surface area (TPSA) is 57.7 Å². The zero-order valence-corrected chi connectivity index (χ0v) is 13.3. The van der Waals surface area contributed by atoms with Crippen LogP contribution in [-0.2, 0) is 0 Å². The van der Waals surface area contributed by atoms with Crippen molar-refractivity contribution in [3.63, 3.8) is 0 Å². The quantitative estimate of drug-likeness (QED) is 0.869. The zero-order valence-electron chi connectivity index (χ0n) is 12.5. The first-order valence-electron chi connectivity index (χ1n) is 7.63. The molecule has 1 aliphatic rings. The maximum absolute atomic E-state index is 9.41. The normalized spacial score (nSPS) is 18.2. The van der Waals surface area contributed by atoms with E-state index >= 15 is 0 Å². The number of halogens is 1. The molecular weight excluding hydrogens is 298 g/mol. The fraction of sp³-hybridized carbons (Fsp3) is 0.438. The Labute approximate surface area is 135 Å². The van der Waals surface area contributed by atoms with Crippen LogP contribution in [0, 0.1) is 11.3 Å². The maximum Gasteiger partial charge on any atom is 0.207 e. The van der Waals surface area contributed by atoms with Crippen molar-refractivity contribution in [2.75, 3.05) is 11.4 Å². The second kappa shape index (κ2) is 6.37. The summed E-state index contributed by atoms with van der Waals surface area (Å²) in [5, 5.41) is 18.9. The third kappa shape index (κ3) is 2.67. The van der Waals surface area contributed by atoms with Crippen molar-refractivity contribution in [3.05, 3.63) is 35.0 Å². The molecule has 1 aromatic carbocycles. The van der Waals surface area contributed by atoms with E-state index in [-0.39, 0.29) is 0 Å². The van der Waals surface area contributed by atoms with E-state index in [1.165, 1.54) is 11.2 Å². The fourth-order valence-electron chi connectivity index (χ4n) is 2.99. The van der Waals surface area contributed by atoms with E-state index in [1.54, 1.807) is 6.07 Å². The number of hydrogen-bond acceptors (Lipinski definition) is 4.